The number of nitrogens with zero attached hydrogens (tertiary/aromatic N) is 1. The third-order valence-corrected chi connectivity index (χ3v) is 6.11. The second kappa shape index (κ2) is 9.27. The number of likely N-dealkylation sites (N-methyl/N-ethyl adjacent to an activating group) is 1. The molecule has 156 valence electrons. The van der Waals surface area contributed by atoms with E-state index < -0.39 is 10.0 Å². The van der Waals surface area contributed by atoms with E-state index in [2.05, 4.69) is 20.7 Å². The van der Waals surface area contributed by atoms with Crippen molar-refractivity contribution in [3.63, 3.8) is 0 Å². The number of carbonyl (C=O) groups is 1. The zero-order chi connectivity index (χ0) is 21.7. The van der Waals surface area contributed by atoms with E-state index in [0.717, 1.165) is 4.47 Å². The minimum Gasteiger partial charge on any atom is -0.484 e. The smallest absolute Gasteiger partial charge is 0.264 e. The van der Waals surface area contributed by atoms with Crippen molar-refractivity contribution in [2.75, 3.05) is 23.3 Å². The van der Waals surface area contributed by atoms with Crippen molar-refractivity contribution in [3.05, 3.63) is 83.1 Å². The monoisotopic (exact) mass is 492 g/mol. The molecule has 0 aliphatic carbocycles. The van der Waals surface area contributed by atoms with E-state index in [4.69, 9.17) is 4.74 Å². The SMILES string of the molecule is CN(C(=O)COc1ccc(S(=O)(=O)Nc2ccc(Br)cc2)cc1)c1ccc(F)cc1. The highest BCUT2D eigenvalue weighted by Crippen LogP contribution is 2.21. The standard InChI is InChI=1S/C21H18BrFN2O4S/c1-25(18-8-4-16(23)5-9-18)21(26)14-29-19-10-12-20(13-11-19)30(27,28)24-17-6-2-15(22)3-7-17/h2-13,24H,14H2,1H3. The molecule has 0 aliphatic rings. The van der Waals surface area contributed by atoms with Gasteiger partial charge in [0.25, 0.3) is 15.9 Å². The number of carbonyl (C=O) groups excluding carboxylic acids is 1. The normalized spacial score (nSPS) is 11.0. The van der Waals surface area contributed by atoms with Gasteiger partial charge in [0.05, 0.1) is 4.90 Å². The Morgan fingerprint density at radius 2 is 1.60 bits per heavy atom. The predicted octanol–water partition coefficient (Wildman–Crippen LogP) is 4.43. The second-order valence-electron chi connectivity index (χ2n) is 6.30. The Balaban J connectivity index is 1.60. The summed E-state index contributed by atoms with van der Waals surface area (Å²) >= 11 is 3.29. The molecule has 3 aromatic rings. The Morgan fingerprint density at radius 1 is 1.00 bits per heavy atom. The molecule has 0 heterocycles. The Bertz CT molecular complexity index is 1120. The number of benzene rings is 3. The minimum absolute atomic E-state index is 0.0625. The fourth-order valence-electron chi connectivity index (χ4n) is 2.50. The first-order chi connectivity index (χ1) is 14.2. The summed E-state index contributed by atoms with van der Waals surface area (Å²) in [5, 5.41) is 0. The number of hydrogen-bond donors (Lipinski definition) is 1. The lowest BCUT2D eigenvalue weighted by Crippen LogP contribution is -2.31. The number of sulfonamides is 1. The van der Waals surface area contributed by atoms with E-state index in [9.17, 15) is 17.6 Å². The van der Waals surface area contributed by atoms with Crippen molar-refractivity contribution in [1.82, 2.24) is 0 Å². The van der Waals surface area contributed by atoms with Crippen molar-refractivity contribution in [3.8, 4) is 5.75 Å². The second-order valence-corrected chi connectivity index (χ2v) is 8.90. The van der Waals surface area contributed by atoms with Crippen LogP contribution in [0.3, 0.4) is 0 Å². The van der Waals surface area contributed by atoms with Crippen LogP contribution < -0.4 is 14.4 Å². The van der Waals surface area contributed by atoms with Crippen molar-refractivity contribution >= 4 is 43.2 Å². The van der Waals surface area contributed by atoms with E-state index in [-0.39, 0.29) is 23.2 Å². The highest BCUT2D eigenvalue weighted by Gasteiger charge is 2.15. The Labute approximate surface area is 182 Å². The van der Waals surface area contributed by atoms with Crippen LogP contribution in [0.5, 0.6) is 5.75 Å². The fraction of sp³-hybridized carbons (Fsp3) is 0.0952. The molecule has 3 aromatic carbocycles. The van der Waals surface area contributed by atoms with Crippen LogP contribution in [0.25, 0.3) is 0 Å². The molecule has 3 rings (SSSR count). The maximum atomic E-state index is 13.0. The van der Waals surface area contributed by atoms with Gasteiger partial charge in [-0.05, 0) is 72.8 Å². The van der Waals surface area contributed by atoms with Gasteiger partial charge in [-0.1, -0.05) is 15.9 Å². The van der Waals surface area contributed by atoms with Crippen LogP contribution in [-0.4, -0.2) is 28.0 Å². The van der Waals surface area contributed by atoms with Crippen LogP contribution >= 0.6 is 15.9 Å². The molecule has 6 nitrogen and oxygen atoms in total. The topological polar surface area (TPSA) is 75.7 Å². The number of hydrogen-bond acceptors (Lipinski definition) is 4. The van der Waals surface area contributed by atoms with Crippen molar-refractivity contribution in [1.29, 1.82) is 0 Å². The lowest BCUT2D eigenvalue weighted by atomic mass is 10.3. The van der Waals surface area contributed by atoms with E-state index in [1.54, 1.807) is 31.3 Å². The van der Waals surface area contributed by atoms with Gasteiger partial charge < -0.3 is 9.64 Å². The minimum atomic E-state index is -3.75. The number of halogens is 2. The molecule has 0 bridgehead atoms. The molecular weight excluding hydrogens is 475 g/mol. The van der Waals surface area contributed by atoms with Gasteiger partial charge in [0.2, 0.25) is 0 Å². The summed E-state index contributed by atoms with van der Waals surface area (Å²) < 4.78 is 46.7. The van der Waals surface area contributed by atoms with Crippen LogP contribution in [0.1, 0.15) is 0 Å². The molecule has 0 atom stereocenters. The molecule has 9 heteroatoms. The number of nitrogens with one attached hydrogen (secondary N) is 1. The van der Waals surface area contributed by atoms with Crippen molar-refractivity contribution in [2.24, 2.45) is 0 Å². The Kier molecular flexibility index (Phi) is 6.73. The van der Waals surface area contributed by atoms with Crippen LogP contribution in [-0.2, 0) is 14.8 Å². The number of anilines is 2. The molecule has 0 saturated carbocycles. The average Bonchev–Trinajstić information content (AvgIpc) is 2.74. The molecule has 0 spiro atoms. The van der Waals surface area contributed by atoms with Gasteiger partial charge in [-0.3, -0.25) is 9.52 Å². The Hall–Kier alpha value is -2.91. The fourth-order valence-corrected chi connectivity index (χ4v) is 3.82. The van der Waals surface area contributed by atoms with E-state index in [1.165, 1.54) is 53.4 Å². The van der Waals surface area contributed by atoms with Gasteiger partial charge in [-0.2, -0.15) is 0 Å². The van der Waals surface area contributed by atoms with Gasteiger partial charge in [0, 0.05) is 22.9 Å². The van der Waals surface area contributed by atoms with Gasteiger partial charge in [-0.15, -0.1) is 0 Å². The first kappa shape index (κ1) is 21.8. The third-order valence-electron chi connectivity index (χ3n) is 4.18. The molecule has 0 aromatic heterocycles. The quantitative estimate of drug-likeness (QED) is 0.529. The molecule has 0 saturated heterocycles. The third kappa shape index (κ3) is 5.58. The van der Waals surface area contributed by atoms with Crippen LogP contribution in [0.2, 0.25) is 0 Å². The highest BCUT2D eigenvalue weighted by molar-refractivity contribution is 9.10. The molecule has 1 N–H and O–H groups in total. The largest absolute Gasteiger partial charge is 0.484 e. The van der Waals surface area contributed by atoms with Gasteiger partial charge in [0.15, 0.2) is 6.61 Å². The summed E-state index contributed by atoms with van der Waals surface area (Å²) in [6.45, 7) is -0.253. The lowest BCUT2D eigenvalue weighted by molar-refractivity contribution is -0.120. The summed E-state index contributed by atoms with van der Waals surface area (Å²) in [5.74, 6) is -0.380. The maximum absolute atomic E-state index is 13.0. The van der Waals surface area contributed by atoms with Crippen LogP contribution in [0, 0.1) is 5.82 Å². The van der Waals surface area contributed by atoms with Crippen LogP contribution in [0.15, 0.2) is 82.2 Å². The summed E-state index contributed by atoms with van der Waals surface area (Å²) in [7, 11) is -2.20. The maximum Gasteiger partial charge on any atom is 0.264 e. The summed E-state index contributed by atoms with van der Waals surface area (Å²) in [6.07, 6.45) is 0. The number of amides is 1. The molecular formula is C21H18BrFN2O4S. The summed E-state index contributed by atoms with van der Waals surface area (Å²) in [5.41, 5.74) is 0.971. The van der Waals surface area contributed by atoms with E-state index in [1.807, 2.05) is 0 Å². The number of ether oxygens (including phenoxy) is 1. The lowest BCUT2D eigenvalue weighted by Gasteiger charge is -2.17. The molecule has 30 heavy (non-hydrogen) atoms. The van der Waals surface area contributed by atoms with E-state index >= 15 is 0 Å². The van der Waals surface area contributed by atoms with Gasteiger partial charge in [0.1, 0.15) is 11.6 Å². The predicted molar refractivity (Wildman–Crippen MR) is 117 cm³/mol. The molecule has 0 aliphatic heterocycles. The zero-order valence-electron chi connectivity index (χ0n) is 15.9. The average molecular weight is 493 g/mol. The first-order valence-electron chi connectivity index (χ1n) is 8.78. The number of rotatable bonds is 7. The Morgan fingerprint density at radius 3 is 2.20 bits per heavy atom. The van der Waals surface area contributed by atoms with Gasteiger partial charge in [-0.25, -0.2) is 12.8 Å². The molecule has 0 radical (unpaired) electrons. The summed E-state index contributed by atoms with van der Waals surface area (Å²) in [6, 6.07) is 18.0. The zero-order valence-corrected chi connectivity index (χ0v) is 18.3. The van der Waals surface area contributed by atoms with Crippen LogP contribution in [0.4, 0.5) is 15.8 Å². The molecule has 0 unspecified atom stereocenters. The van der Waals surface area contributed by atoms with E-state index in [0.29, 0.717) is 17.1 Å². The first-order valence-corrected chi connectivity index (χ1v) is 11.1. The van der Waals surface area contributed by atoms with Crippen molar-refractivity contribution in [2.45, 2.75) is 4.90 Å². The molecule has 1 amide bonds. The van der Waals surface area contributed by atoms with Crippen molar-refractivity contribution < 1.29 is 22.3 Å². The molecule has 0 fully saturated rings. The highest BCUT2D eigenvalue weighted by atomic mass is 79.9. The van der Waals surface area contributed by atoms with Gasteiger partial charge >= 0.3 is 0 Å². The summed E-state index contributed by atoms with van der Waals surface area (Å²) in [4.78, 5) is 13.7.